The second-order valence-corrected chi connectivity index (χ2v) is 4.29. The quantitative estimate of drug-likeness (QED) is 0.617. The van der Waals surface area contributed by atoms with Crippen molar-refractivity contribution in [3.63, 3.8) is 0 Å². The molecule has 0 radical (unpaired) electrons. The van der Waals surface area contributed by atoms with E-state index in [-0.39, 0.29) is 5.91 Å². The molecule has 0 aromatic rings. The average Bonchev–Trinajstić information content (AvgIpc) is 2.23. The Balaban J connectivity index is 1.95. The van der Waals surface area contributed by atoms with Gasteiger partial charge in [0.15, 0.2) is 0 Å². The van der Waals surface area contributed by atoms with Crippen molar-refractivity contribution in [2.75, 3.05) is 19.6 Å². The van der Waals surface area contributed by atoms with E-state index in [0.717, 1.165) is 13.1 Å². The lowest BCUT2D eigenvalue weighted by molar-refractivity contribution is -0.127. The van der Waals surface area contributed by atoms with E-state index in [1.54, 1.807) is 0 Å². The second kappa shape index (κ2) is 4.28. The Morgan fingerprint density at radius 2 is 2.29 bits per heavy atom. The number of carbonyl (C=O) groups excluding carboxylic acids is 1. The van der Waals surface area contributed by atoms with Crippen molar-refractivity contribution >= 4 is 5.91 Å². The molecule has 2 unspecified atom stereocenters. The van der Waals surface area contributed by atoms with Crippen LogP contribution in [0.4, 0.5) is 0 Å². The normalized spacial score (nSPS) is 35.4. The van der Waals surface area contributed by atoms with Crippen LogP contribution in [0.5, 0.6) is 0 Å². The molecule has 2 atom stereocenters. The zero-order chi connectivity index (χ0) is 9.97. The first-order valence-electron chi connectivity index (χ1n) is 5.53. The number of piperidine rings is 1. The summed E-state index contributed by atoms with van der Waals surface area (Å²) in [5, 5.41) is 6.38. The maximum absolute atomic E-state index is 11.3. The molecule has 2 aliphatic heterocycles. The molecule has 1 amide bonds. The molecule has 4 nitrogen and oxygen atoms in total. The Morgan fingerprint density at radius 3 is 3.00 bits per heavy atom. The third-order valence-electron chi connectivity index (χ3n) is 3.17. The van der Waals surface area contributed by atoms with Gasteiger partial charge in [0.05, 0.1) is 12.7 Å². The number of hydrogen-bond acceptors (Lipinski definition) is 3. The van der Waals surface area contributed by atoms with E-state index < -0.39 is 0 Å². The minimum atomic E-state index is 0.162. The maximum Gasteiger partial charge on any atom is 0.234 e. The summed E-state index contributed by atoms with van der Waals surface area (Å²) in [5.74, 6) is 0.162. The molecule has 0 aromatic heterocycles. The number of piperazine rings is 1. The molecule has 0 saturated carbocycles. The molecule has 2 heterocycles. The minimum absolute atomic E-state index is 0.162. The first-order valence-corrected chi connectivity index (χ1v) is 5.53. The summed E-state index contributed by atoms with van der Waals surface area (Å²) in [6.07, 6.45) is 4.15. The van der Waals surface area contributed by atoms with Gasteiger partial charge in [0.1, 0.15) is 0 Å². The summed E-state index contributed by atoms with van der Waals surface area (Å²) in [5.41, 5.74) is 0. The fourth-order valence-corrected chi connectivity index (χ4v) is 2.29. The van der Waals surface area contributed by atoms with Crippen LogP contribution in [0, 0.1) is 0 Å². The number of hydrogen-bond donors (Lipinski definition) is 2. The van der Waals surface area contributed by atoms with E-state index in [4.69, 9.17) is 0 Å². The van der Waals surface area contributed by atoms with Crippen LogP contribution >= 0.6 is 0 Å². The van der Waals surface area contributed by atoms with Crippen LogP contribution in [0.1, 0.15) is 26.2 Å². The standard InChI is InChI=1S/C10H19N3O/c1-8-6-12-10(14)7-13(8)9-4-2-3-5-11-9/h8-9,11H,2-7H2,1H3,(H,12,14). The van der Waals surface area contributed by atoms with Gasteiger partial charge in [-0.25, -0.2) is 0 Å². The fraction of sp³-hybridized carbons (Fsp3) is 0.900. The summed E-state index contributed by atoms with van der Waals surface area (Å²) in [4.78, 5) is 13.6. The third kappa shape index (κ3) is 2.07. The molecule has 2 aliphatic rings. The van der Waals surface area contributed by atoms with Crippen molar-refractivity contribution in [3.8, 4) is 0 Å². The molecule has 0 spiro atoms. The van der Waals surface area contributed by atoms with Crippen LogP contribution < -0.4 is 10.6 Å². The Kier molecular flexibility index (Phi) is 3.03. The summed E-state index contributed by atoms with van der Waals surface area (Å²) < 4.78 is 0. The Bertz CT molecular complexity index is 213. The van der Waals surface area contributed by atoms with Crippen molar-refractivity contribution in [1.29, 1.82) is 0 Å². The first-order chi connectivity index (χ1) is 6.77. The lowest BCUT2D eigenvalue weighted by Crippen LogP contribution is -2.60. The van der Waals surface area contributed by atoms with Crippen LogP contribution in [0.2, 0.25) is 0 Å². The minimum Gasteiger partial charge on any atom is -0.353 e. The van der Waals surface area contributed by atoms with E-state index in [1.807, 2.05) is 0 Å². The molecule has 2 N–H and O–H groups in total. The van der Waals surface area contributed by atoms with Gasteiger partial charge < -0.3 is 10.6 Å². The molecule has 2 saturated heterocycles. The van der Waals surface area contributed by atoms with Gasteiger partial charge in [-0.05, 0) is 32.7 Å². The molecule has 2 fully saturated rings. The fourth-order valence-electron chi connectivity index (χ4n) is 2.29. The van der Waals surface area contributed by atoms with Crippen LogP contribution in [-0.4, -0.2) is 42.6 Å². The molecular formula is C10H19N3O. The summed E-state index contributed by atoms with van der Waals surface area (Å²) in [7, 11) is 0. The molecule has 4 heteroatoms. The van der Waals surface area contributed by atoms with Gasteiger partial charge >= 0.3 is 0 Å². The number of amides is 1. The summed E-state index contributed by atoms with van der Waals surface area (Å²) in [6.45, 7) is 4.61. The molecule has 0 bridgehead atoms. The van der Waals surface area contributed by atoms with Crippen LogP contribution in [0.25, 0.3) is 0 Å². The molecule has 14 heavy (non-hydrogen) atoms. The van der Waals surface area contributed by atoms with Gasteiger partial charge in [-0.3, -0.25) is 9.69 Å². The monoisotopic (exact) mass is 197 g/mol. The Hall–Kier alpha value is -0.610. The van der Waals surface area contributed by atoms with Crippen molar-refractivity contribution in [1.82, 2.24) is 15.5 Å². The third-order valence-corrected chi connectivity index (χ3v) is 3.17. The first kappa shape index (κ1) is 9.93. The van der Waals surface area contributed by atoms with Crippen molar-refractivity contribution in [2.45, 2.75) is 38.4 Å². The molecule has 80 valence electrons. The SMILES string of the molecule is CC1CNC(=O)CN1C1CCCCN1. The summed E-state index contributed by atoms with van der Waals surface area (Å²) in [6, 6.07) is 0.461. The van der Waals surface area contributed by atoms with Gasteiger partial charge in [0.2, 0.25) is 5.91 Å². The number of carbonyl (C=O) groups is 1. The van der Waals surface area contributed by atoms with Crippen LogP contribution in [0.15, 0.2) is 0 Å². The van der Waals surface area contributed by atoms with Gasteiger partial charge in [0, 0.05) is 12.6 Å². The highest BCUT2D eigenvalue weighted by atomic mass is 16.2. The largest absolute Gasteiger partial charge is 0.353 e. The maximum atomic E-state index is 11.3. The number of nitrogens with zero attached hydrogens (tertiary/aromatic N) is 1. The van der Waals surface area contributed by atoms with E-state index in [2.05, 4.69) is 22.5 Å². The highest BCUT2D eigenvalue weighted by Gasteiger charge is 2.29. The van der Waals surface area contributed by atoms with Gasteiger partial charge in [0.25, 0.3) is 0 Å². The van der Waals surface area contributed by atoms with Gasteiger partial charge in [-0.15, -0.1) is 0 Å². The average molecular weight is 197 g/mol. The zero-order valence-electron chi connectivity index (χ0n) is 8.75. The van der Waals surface area contributed by atoms with Gasteiger partial charge in [-0.2, -0.15) is 0 Å². The molecule has 0 aliphatic carbocycles. The summed E-state index contributed by atoms with van der Waals surface area (Å²) >= 11 is 0. The molecule has 2 rings (SSSR count). The Morgan fingerprint density at radius 1 is 1.43 bits per heavy atom. The van der Waals surface area contributed by atoms with Crippen LogP contribution in [0.3, 0.4) is 0 Å². The van der Waals surface area contributed by atoms with E-state index in [1.165, 1.54) is 19.3 Å². The zero-order valence-corrected chi connectivity index (χ0v) is 8.75. The van der Waals surface area contributed by atoms with E-state index in [9.17, 15) is 4.79 Å². The highest BCUT2D eigenvalue weighted by Crippen LogP contribution is 2.15. The van der Waals surface area contributed by atoms with E-state index in [0.29, 0.717) is 18.8 Å². The Labute approximate surface area is 85.0 Å². The number of rotatable bonds is 1. The van der Waals surface area contributed by atoms with Crippen molar-refractivity contribution in [3.05, 3.63) is 0 Å². The van der Waals surface area contributed by atoms with Crippen molar-refractivity contribution in [2.24, 2.45) is 0 Å². The number of nitrogens with one attached hydrogen (secondary N) is 2. The van der Waals surface area contributed by atoms with Crippen LogP contribution in [-0.2, 0) is 4.79 Å². The predicted octanol–water partition coefficient (Wildman–Crippen LogP) is -0.0937. The van der Waals surface area contributed by atoms with Crippen molar-refractivity contribution < 1.29 is 4.79 Å². The lowest BCUT2D eigenvalue weighted by atomic mass is 10.1. The molecule has 0 aromatic carbocycles. The molecular weight excluding hydrogens is 178 g/mol. The van der Waals surface area contributed by atoms with E-state index >= 15 is 0 Å². The van der Waals surface area contributed by atoms with Gasteiger partial charge in [-0.1, -0.05) is 0 Å². The topological polar surface area (TPSA) is 44.4 Å². The highest BCUT2D eigenvalue weighted by molar-refractivity contribution is 5.78. The lowest BCUT2D eigenvalue weighted by Gasteiger charge is -2.41. The second-order valence-electron chi connectivity index (χ2n) is 4.29. The predicted molar refractivity (Wildman–Crippen MR) is 54.8 cm³/mol. The smallest absolute Gasteiger partial charge is 0.234 e.